The van der Waals surface area contributed by atoms with Gasteiger partial charge in [-0.05, 0) is 37.6 Å². The fourth-order valence-corrected chi connectivity index (χ4v) is 2.03. The second-order valence-corrected chi connectivity index (χ2v) is 5.35. The lowest BCUT2D eigenvalue weighted by molar-refractivity contribution is -0.153. The van der Waals surface area contributed by atoms with Gasteiger partial charge in [-0.15, -0.1) is 0 Å². The van der Waals surface area contributed by atoms with Crippen LogP contribution in [0.1, 0.15) is 18.9 Å². The van der Waals surface area contributed by atoms with Crippen LogP contribution in [0.25, 0.3) is 0 Å². The minimum absolute atomic E-state index is 0.0802. The van der Waals surface area contributed by atoms with E-state index in [4.69, 9.17) is 9.47 Å². The number of hydrogen-bond donors (Lipinski definition) is 1. The van der Waals surface area contributed by atoms with E-state index in [0.29, 0.717) is 11.4 Å². The van der Waals surface area contributed by atoms with E-state index in [1.165, 1.54) is 0 Å². The van der Waals surface area contributed by atoms with Crippen LogP contribution in [0.4, 0.5) is 5.69 Å². The molecule has 126 valence electrons. The van der Waals surface area contributed by atoms with Crippen LogP contribution in [0.3, 0.4) is 0 Å². The molecule has 2 aromatic carbocycles. The zero-order valence-electron chi connectivity index (χ0n) is 13.8. The average molecular weight is 327 g/mol. The normalized spacial score (nSPS) is 11.4. The summed E-state index contributed by atoms with van der Waals surface area (Å²) in [6.07, 6.45) is -0.787. The van der Waals surface area contributed by atoms with Crippen molar-refractivity contribution in [2.24, 2.45) is 0 Å². The molecule has 24 heavy (non-hydrogen) atoms. The van der Waals surface area contributed by atoms with Crippen LogP contribution in [0, 0.1) is 6.92 Å². The van der Waals surface area contributed by atoms with E-state index in [2.05, 4.69) is 5.32 Å². The van der Waals surface area contributed by atoms with E-state index in [-0.39, 0.29) is 18.9 Å². The van der Waals surface area contributed by atoms with Crippen LogP contribution in [0.15, 0.2) is 54.6 Å². The Balaban J connectivity index is 1.74. The third-order valence-electron chi connectivity index (χ3n) is 3.40. The number of ether oxygens (including phenoxy) is 2. The third kappa shape index (κ3) is 5.43. The van der Waals surface area contributed by atoms with Crippen molar-refractivity contribution in [2.45, 2.75) is 26.4 Å². The molecule has 2 aromatic rings. The Morgan fingerprint density at radius 1 is 1.04 bits per heavy atom. The summed E-state index contributed by atoms with van der Waals surface area (Å²) in [5.74, 6) is -0.143. The fraction of sp³-hybridized carbons (Fsp3) is 0.263. The first kappa shape index (κ1) is 17.5. The first-order valence-electron chi connectivity index (χ1n) is 7.80. The van der Waals surface area contributed by atoms with Crippen molar-refractivity contribution in [1.82, 2.24) is 0 Å². The topological polar surface area (TPSA) is 64.6 Å². The van der Waals surface area contributed by atoms with Crippen molar-refractivity contribution in [2.75, 3.05) is 11.9 Å². The van der Waals surface area contributed by atoms with Crippen molar-refractivity contribution in [3.05, 3.63) is 60.2 Å². The highest BCUT2D eigenvalue weighted by Crippen LogP contribution is 2.14. The van der Waals surface area contributed by atoms with E-state index in [1.807, 2.05) is 55.5 Å². The monoisotopic (exact) mass is 327 g/mol. The van der Waals surface area contributed by atoms with Gasteiger partial charge in [0.1, 0.15) is 5.75 Å². The molecule has 0 aliphatic carbocycles. The van der Waals surface area contributed by atoms with Gasteiger partial charge in [-0.3, -0.25) is 9.59 Å². The van der Waals surface area contributed by atoms with Gasteiger partial charge in [0.2, 0.25) is 0 Å². The van der Waals surface area contributed by atoms with Crippen LogP contribution >= 0.6 is 0 Å². The number of rotatable bonds is 7. The third-order valence-corrected chi connectivity index (χ3v) is 3.40. The SMILES string of the molecule is Cc1ccccc1NC(=O)C(C)OC(=O)CCOc1ccccc1. The van der Waals surface area contributed by atoms with Crippen molar-refractivity contribution in [1.29, 1.82) is 0 Å². The fourth-order valence-electron chi connectivity index (χ4n) is 2.03. The van der Waals surface area contributed by atoms with E-state index < -0.39 is 12.1 Å². The highest BCUT2D eigenvalue weighted by atomic mass is 16.5. The largest absolute Gasteiger partial charge is 0.493 e. The zero-order valence-corrected chi connectivity index (χ0v) is 13.8. The second kappa shape index (κ2) is 8.72. The Morgan fingerprint density at radius 2 is 1.71 bits per heavy atom. The molecule has 1 unspecified atom stereocenters. The van der Waals surface area contributed by atoms with Crippen molar-refractivity contribution < 1.29 is 19.1 Å². The van der Waals surface area contributed by atoms with Crippen LogP contribution in [-0.2, 0) is 14.3 Å². The minimum Gasteiger partial charge on any atom is -0.493 e. The molecule has 0 saturated heterocycles. The summed E-state index contributed by atoms with van der Waals surface area (Å²) in [6, 6.07) is 16.6. The molecule has 0 spiro atoms. The van der Waals surface area contributed by atoms with Gasteiger partial charge < -0.3 is 14.8 Å². The molecule has 1 amide bonds. The zero-order chi connectivity index (χ0) is 17.4. The van der Waals surface area contributed by atoms with Crippen molar-refractivity contribution in [3.8, 4) is 5.75 Å². The lowest BCUT2D eigenvalue weighted by Crippen LogP contribution is -2.30. The van der Waals surface area contributed by atoms with E-state index in [1.54, 1.807) is 13.0 Å². The van der Waals surface area contributed by atoms with Gasteiger partial charge in [0, 0.05) is 5.69 Å². The maximum Gasteiger partial charge on any atom is 0.310 e. The lowest BCUT2D eigenvalue weighted by Gasteiger charge is -2.14. The molecule has 1 atom stereocenters. The van der Waals surface area contributed by atoms with Gasteiger partial charge in [0.05, 0.1) is 13.0 Å². The number of benzene rings is 2. The molecule has 0 saturated carbocycles. The second-order valence-electron chi connectivity index (χ2n) is 5.35. The van der Waals surface area contributed by atoms with Crippen LogP contribution in [-0.4, -0.2) is 24.6 Å². The first-order valence-corrected chi connectivity index (χ1v) is 7.80. The molecule has 0 radical (unpaired) electrons. The van der Waals surface area contributed by atoms with Gasteiger partial charge in [-0.25, -0.2) is 0 Å². The number of para-hydroxylation sites is 2. The van der Waals surface area contributed by atoms with Crippen LogP contribution < -0.4 is 10.1 Å². The summed E-state index contributed by atoms with van der Waals surface area (Å²) in [4.78, 5) is 23.9. The number of amides is 1. The Hall–Kier alpha value is -2.82. The Labute approximate surface area is 141 Å². The Morgan fingerprint density at radius 3 is 2.42 bits per heavy atom. The average Bonchev–Trinajstić information content (AvgIpc) is 2.57. The maximum absolute atomic E-state index is 12.1. The Bertz CT molecular complexity index is 685. The summed E-state index contributed by atoms with van der Waals surface area (Å²) in [7, 11) is 0. The number of carbonyl (C=O) groups excluding carboxylic acids is 2. The molecule has 5 nitrogen and oxygen atoms in total. The number of aryl methyl sites for hydroxylation is 1. The van der Waals surface area contributed by atoms with Crippen molar-refractivity contribution in [3.63, 3.8) is 0 Å². The molecule has 2 rings (SSSR count). The van der Waals surface area contributed by atoms with Gasteiger partial charge in [0.15, 0.2) is 6.10 Å². The molecule has 0 aromatic heterocycles. The molecule has 0 bridgehead atoms. The lowest BCUT2D eigenvalue weighted by atomic mass is 10.2. The number of esters is 1. The Kier molecular flexibility index (Phi) is 6.37. The van der Waals surface area contributed by atoms with Crippen LogP contribution in [0.5, 0.6) is 5.75 Å². The molecule has 1 N–H and O–H groups in total. The number of carbonyl (C=O) groups is 2. The van der Waals surface area contributed by atoms with Gasteiger partial charge in [-0.1, -0.05) is 36.4 Å². The first-order chi connectivity index (χ1) is 11.6. The summed E-state index contributed by atoms with van der Waals surface area (Å²) in [5.41, 5.74) is 1.65. The summed E-state index contributed by atoms with van der Waals surface area (Å²) in [5, 5.41) is 2.75. The summed E-state index contributed by atoms with van der Waals surface area (Å²) in [6.45, 7) is 3.64. The summed E-state index contributed by atoms with van der Waals surface area (Å²) >= 11 is 0. The number of nitrogens with one attached hydrogen (secondary N) is 1. The van der Waals surface area contributed by atoms with Gasteiger partial charge in [-0.2, -0.15) is 0 Å². The number of hydrogen-bond acceptors (Lipinski definition) is 4. The molecular formula is C19H21NO4. The molecule has 0 aliphatic heterocycles. The van der Waals surface area contributed by atoms with E-state index in [0.717, 1.165) is 5.56 Å². The maximum atomic E-state index is 12.1. The predicted octanol–water partition coefficient (Wildman–Crippen LogP) is 3.33. The minimum atomic E-state index is -0.867. The molecule has 0 aliphatic rings. The highest BCUT2D eigenvalue weighted by molar-refractivity contribution is 5.95. The quantitative estimate of drug-likeness (QED) is 0.792. The van der Waals surface area contributed by atoms with Gasteiger partial charge >= 0.3 is 5.97 Å². The molecule has 0 heterocycles. The molecule has 5 heteroatoms. The summed E-state index contributed by atoms with van der Waals surface area (Å²) < 4.78 is 10.6. The highest BCUT2D eigenvalue weighted by Gasteiger charge is 2.18. The smallest absolute Gasteiger partial charge is 0.310 e. The van der Waals surface area contributed by atoms with Crippen LogP contribution in [0.2, 0.25) is 0 Å². The molecular weight excluding hydrogens is 306 g/mol. The molecule has 0 fully saturated rings. The predicted molar refractivity (Wildman–Crippen MR) is 91.9 cm³/mol. The van der Waals surface area contributed by atoms with E-state index >= 15 is 0 Å². The standard InChI is InChI=1S/C19H21NO4/c1-14-8-6-7-11-17(14)20-19(22)15(2)24-18(21)12-13-23-16-9-4-3-5-10-16/h3-11,15H,12-13H2,1-2H3,(H,20,22). The van der Waals surface area contributed by atoms with Gasteiger partial charge in [0.25, 0.3) is 5.91 Å². The number of anilines is 1. The van der Waals surface area contributed by atoms with E-state index in [9.17, 15) is 9.59 Å². The van der Waals surface area contributed by atoms with Crippen molar-refractivity contribution >= 4 is 17.6 Å².